The van der Waals surface area contributed by atoms with Gasteiger partial charge in [-0.1, -0.05) is 23.7 Å². The van der Waals surface area contributed by atoms with Crippen LogP contribution in [0.15, 0.2) is 60.8 Å². The van der Waals surface area contributed by atoms with E-state index in [0.717, 1.165) is 6.07 Å². The summed E-state index contributed by atoms with van der Waals surface area (Å²) < 4.78 is 13.2. The first-order valence-electron chi connectivity index (χ1n) is 8.01. The Bertz CT molecular complexity index is 1110. The summed E-state index contributed by atoms with van der Waals surface area (Å²) in [6.07, 6.45) is 1.32. The Morgan fingerprint density at radius 2 is 1.82 bits per heavy atom. The molecule has 2 amide bonds. The molecule has 0 atom stereocenters. The summed E-state index contributed by atoms with van der Waals surface area (Å²) >= 11 is 5.70. The number of hydrogen-bond acceptors (Lipinski definition) is 4. The van der Waals surface area contributed by atoms with Crippen LogP contribution in [0, 0.1) is 17.1 Å². The van der Waals surface area contributed by atoms with E-state index in [9.17, 15) is 14.0 Å². The molecule has 8 heteroatoms. The Hall–Kier alpha value is -3.76. The molecule has 0 aliphatic rings. The van der Waals surface area contributed by atoms with Gasteiger partial charge in [-0.3, -0.25) is 14.6 Å². The van der Waals surface area contributed by atoms with Gasteiger partial charge in [0.25, 0.3) is 11.8 Å². The number of rotatable bonds is 4. The maximum atomic E-state index is 13.2. The van der Waals surface area contributed by atoms with Crippen LogP contribution < -0.4 is 10.6 Å². The number of nitriles is 1. The SMILES string of the molecule is N#Cc1ccccc1NC(=O)c1cc(C(=O)Nc2ccc(F)c(Cl)c2)ccn1. The number of pyridine rings is 1. The molecule has 1 heterocycles. The van der Waals surface area contributed by atoms with E-state index < -0.39 is 17.6 Å². The van der Waals surface area contributed by atoms with Gasteiger partial charge in [-0.2, -0.15) is 5.26 Å². The molecule has 2 N–H and O–H groups in total. The van der Waals surface area contributed by atoms with Crippen molar-refractivity contribution >= 4 is 34.8 Å². The molecular formula is C20H12ClFN4O2. The van der Waals surface area contributed by atoms with Crippen LogP contribution in [0.1, 0.15) is 26.4 Å². The van der Waals surface area contributed by atoms with E-state index in [1.807, 2.05) is 6.07 Å². The summed E-state index contributed by atoms with van der Waals surface area (Å²) in [5, 5.41) is 14.1. The molecule has 0 bridgehead atoms. The van der Waals surface area contributed by atoms with Gasteiger partial charge in [0.15, 0.2) is 0 Å². The predicted octanol–water partition coefficient (Wildman–Crippen LogP) is 4.25. The molecular weight excluding hydrogens is 383 g/mol. The van der Waals surface area contributed by atoms with Crippen LogP contribution in [0.4, 0.5) is 15.8 Å². The second-order valence-corrected chi connectivity index (χ2v) is 6.03. The van der Waals surface area contributed by atoms with Crippen LogP contribution in [0.5, 0.6) is 0 Å². The fourth-order valence-corrected chi connectivity index (χ4v) is 2.53. The van der Waals surface area contributed by atoms with Crippen LogP contribution in [-0.2, 0) is 0 Å². The Kier molecular flexibility index (Phi) is 5.63. The summed E-state index contributed by atoms with van der Waals surface area (Å²) in [6.45, 7) is 0. The standard InChI is InChI=1S/C20H12ClFN4O2/c21-15-10-14(5-6-16(15)22)25-19(27)12-7-8-24-18(9-12)20(28)26-17-4-2-1-3-13(17)11-23/h1-10H,(H,25,27)(H,26,28). The van der Waals surface area contributed by atoms with E-state index in [2.05, 4.69) is 15.6 Å². The Morgan fingerprint density at radius 1 is 1.04 bits per heavy atom. The van der Waals surface area contributed by atoms with E-state index >= 15 is 0 Å². The monoisotopic (exact) mass is 394 g/mol. The summed E-state index contributed by atoms with van der Waals surface area (Å²) in [4.78, 5) is 28.8. The molecule has 28 heavy (non-hydrogen) atoms. The summed E-state index contributed by atoms with van der Waals surface area (Å²) in [6, 6.07) is 15.0. The lowest BCUT2D eigenvalue weighted by Gasteiger charge is -2.08. The topological polar surface area (TPSA) is 94.9 Å². The second kappa shape index (κ2) is 8.29. The van der Waals surface area contributed by atoms with Crippen molar-refractivity contribution < 1.29 is 14.0 Å². The molecule has 138 valence electrons. The Balaban J connectivity index is 1.77. The van der Waals surface area contributed by atoms with Crippen molar-refractivity contribution in [3.63, 3.8) is 0 Å². The molecule has 0 saturated carbocycles. The van der Waals surface area contributed by atoms with Crippen molar-refractivity contribution in [2.75, 3.05) is 10.6 Å². The number of aromatic nitrogens is 1. The van der Waals surface area contributed by atoms with E-state index in [4.69, 9.17) is 16.9 Å². The Labute approximate surface area is 164 Å². The van der Waals surface area contributed by atoms with Crippen LogP contribution >= 0.6 is 11.6 Å². The minimum absolute atomic E-state index is 0.00229. The summed E-state index contributed by atoms with van der Waals surface area (Å²) in [5.41, 5.74) is 1.12. The number of para-hydroxylation sites is 1. The number of benzene rings is 2. The molecule has 6 nitrogen and oxygen atoms in total. The van der Waals surface area contributed by atoms with Gasteiger partial charge < -0.3 is 10.6 Å². The highest BCUT2D eigenvalue weighted by atomic mass is 35.5. The minimum atomic E-state index is -0.597. The molecule has 3 aromatic rings. The third kappa shape index (κ3) is 4.31. The molecule has 3 rings (SSSR count). The number of hydrogen-bond donors (Lipinski definition) is 2. The molecule has 1 aromatic heterocycles. The lowest BCUT2D eigenvalue weighted by molar-refractivity contribution is 0.102. The van der Waals surface area contributed by atoms with Gasteiger partial charge in [-0.25, -0.2) is 4.39 Å². The van der Waals surface area contributed by atoms with Gasteiger partial charge in [0.1, 0.15) is 17.6 Å². The van der Waals surface area contributed by atoms with Crippen molar-refractivity contribution in [1.82, 2.24) is 4.98 Å². The van der Waals surface area contributed by atoms with Crippen molar-refractivity contribution in [1.29, 1.82) is 5.26 Å². The largest absolute Gasteiger partial charge is 0.322 e. The maximum absolute atomic E-state index is 13.2. The molecule has 0 aliphatic heterocycles. The number of halogens is 2. The number of carbonyl (C=O) groups excluding carboxylic acids is 2. The highest BCUT2D eigenvalue weighted by molar-refractivity contribution is 6.31. The lowest BCUT2D eigenvalue weighted by Crippen LogP contribution is -2.17. The number of carbonyl (C=O) groups is 2. The highest BCUT2D eigenvalue weighted by Gasteiger charge is 2.14. The van der Waals surface area contributed by atoms with Gasteiger partial charge in [0, 0.05) is 17.4 Å². The van der Waals surface area contributed by atoms with Crippen molar-refractivity contribution in [2.24, 2.45) is 0 Å². The van der Waals surface area contributed by atoms with Crippen molar-refractivity contribution in [2.45, 2.75) is 0 Å². The van der Waals surface area contributed by atoms with E-state index in [1.165, 1.54) is 30.5 Å². The first-order chi connectivity index (χ1) is 13.5. The van der Waals surface area contributed by atoms with Gasteiger partial charge in [0.2, 0.25) is 0 Å². The van der Waals surface area contributed by atoms with Gasteiger partial charge in [0.05, 0.1) is 16.3 Å². The summed E-state index contributed by atoms with van der Waals surface area (Å²) in [7, 11) is 0. The van der Waals surface area contributed by atoms with E-state index in [0.29, 0.717) is 16.9 Å². The average Bonchev–Trinajstić information content (AvgIpc) is 2.71. The predicted molar refractivity (Wildman–Crippen MR) is 103 cm³/mol. The van der Waals surface area contributed by atoms with Gasteiger partial charge in [-0.15, -0.1) is 0 Å². The first kappa shape index (κ1) is 19.0. The average molecular weight is 395 g/mol. The zero-order valence-electron chi connectivity index (χ0n) is 14.2. The minimum Gasteiger partial charge on any atom is -0.322 e. The number of amides is 2. The van der Waals surface area contributed by atoms with Crippen molar-refractivity contribution in [3.8, 4) is 6.07 Å². The normalized spacial score (nSPS) is 10.0. The highest BCUT2D eigenvalue weighted by Crippen LogP contribution is 2.20. The van der Waals surface area contributed by atoms with E-state index in [-0.39, 0.29) is 16.3 Å². The number of nitrogens with zero attached hydrogens (tertiary/aromatic N) is 2. The second-order valence-electron chi connectivity index (χ2n) is 5.62. The molecule has 0 aliphatic carbocycles. The quantitative estimate of drug-likeness (QED) is 0.691. The van der Waals surface area contributed by atoms with Crippen LogP contribution in [0.3, 0.4) is 0 Å². The maximum Gasteiger partial charge on any atom is 0.274 e. The van der Waals surface area contributed by atoms with E-state index in [1.54, 1.807) is 24.3 Å². The number of nitrogens with one attached hydrogen (secondary N) is 2. The molecule has 0 spiro atoms. The van der Waals surface area contributed by atoms with Gasteiger partial charge >= 0.3 is 0 Å². The lowest BCUT2D eigenvalue weighted by atomic mass is 10.1. The third-order valence-corrected chi connectivity index (χ3v) is 4.02. The molecule has 0 unspecified atom stereocenters. The van der Waals surface area contributed by atoms with Crippen LogP contribution in [0.25, 0.3) is 0 Å². The third-order valence-electron chi connectivity index (χ3n) is 3.73. The van der Waals surface area contributed by atoms with Gasteiger partial charge in [-0.05, 0) is 42.5 Å². The molecule has 0 radical (unpaired) electrons. The first-order valence-corrected chi connectivity index (χ1v) is 8.38. The molecule has 0 fully saturated rings. The molecule has 0 saturated heterocycles. The van der Waals surface area contributed by atoms with Crippen LogP contribution in [0.2, 0.25) is 5.02 Å². The van der Waals surface area contributed by atoms with Crippen molar-refractivity contribution in [3.05, 3.63) is 88.5 Å². The molecule has 2 aromatic carbocycles. The zero-order chi connectivity index (χ0) is 20.1. The Morgan fingerprint density at radius 3 is 2.57 bits per heavy atom. The smallest absolute Gasteiger partial charge is 0.274 e. The summed E-state index contributed by atoms with van der Waals surface area (Å²) in [5.74, 6) is -1.68. The zero-order valence-corrected chi connectivity index (χ0v) is 15.0. The fourth-order valence-electron chi connectivity index (χ4n) is 2.35. The number of anilines is 2. The van der Waals surface area contributed by atoms with Crippen LogP contribution in [-0.4, -0.2) is 16.8 Å². The fraction of sp³-hybridized carbons (Fsp3) is 0.